The van der Waals surface area contributed by atoms with E-state index in [-0.39, 0.29) is 0 Å². The maximum Gasteiger partial charge on any atom is 0.136 e. The minimum atomic E-state index is 0.611. The van der Waals surface area contributed by atoms with Gasteiger partial charge in [-0.25, -0.2) is 9.97 Å². The molecule has 1 saturated carbocycles. The van der Waals surface area contributed by atoms with Crippen LogP contribution in [0.15, 0.2) is 0 Å². The molecule has 1 fully saturated rings. The molecule has 0 saturated heterocycles. The van der Waals surface area contributed by atoms with E-state index in [2.05, 4.69) is 9.97 Å². The molecule has 1 aromatic rings. The van der Waals surface area contributed by atoms with Crippen molar-refractivity contribution in [1.29, 1.82) is 0 Å². The minimum absolute atomic E-state index is 0.611. The van der Waals surface area contributed by atoms with Crippen LogP contribution in [0.3, 0.4) is 0 Å². The van der Waals surface area contributed by atoms with E-state index in [1.165, 1.54) is 36.9 Å². The second-order valence-electron chi connectivity index (χ2n) is 4.28. The van der Waals surface area contributed by atoms with Crippen LogP contribution in [0.5, 0.6) is 0 Å². The van der Waals surface area contributed by atoms with Gasteiger partial charge in [0, 0.05) is 17.2 Å². The number of rotatable bonds is 1. The Morgan fingerprint density at radius 3 is 2.64 bits per heavy atom. The van der Waals surface area contributed by atoms with Gasteiger partial charge >= 0.3 is 0 Å². The number of aromatic nitrogens is 2. The Labute approximate surface area is 88.7 Å². The summed E-state index contributed by atoms with van der Waals surface area (Å²) in [7, 11) is 0. The van der Waals surface area contributed by atoms with E-state index >= 15 is 0 Å². The van der Waals surface area contributed by atoms with Gasteiger partial charge in [-0.1, -0.05) is 11.6 Å². The van der Waals surface area contributed by atoms with Gasteiger partial charge in [-0.2, -0.15) is 0 Å². The lowest BCUT2D eigenvalue weighted by Gasteiger charge is -2.16. The molecule has 3 heteroatoms. The number of aryl methyl sites for hydroxylation is 1. The fraction of sp³-hybridized carbons (Fsp3) is 0.636. The molecule has 0 aromatic carbocycles. The molecule has 0 radical (unpaired) electrons. The maximum absolute atomic E-state index is 6.17. The lowest BCUT2D eigenvalue weighted by molar-refractivity contribution is 0.654. The number of nitrogens with zero attached hydrogens (tertiary/aromatic N) is 2. The zero-order valence-electron chi connectivity index (χ0n) is 8.09. The Morgan fingerprint density at radius 1 is 1.07 bits per heavy atom. The quantitative estimate of drug-likeness (QED) is 0.664. The Morgan fingerprint density at radius 2 is 1.86 bits per heavy atom. The number of hydrogen-bond donors (Lipinski definition) is 0. The molecule has 0 spiro atoms. The highest BCUT2D eigenvalue weighted by atomic mass is 35.5. The van der Waals surface area contributed by atoms with E-state index in [0.717, 1.165) is 23.8 Å². The van der Waals surface area contributed by atoms with Crippen molar-refractivity contribution >= 4 is 11.6 Å². The lowest BCUT2D eigenvalue weighted by Crippen LogP contribution is -2.09. The molecule has 2 aliphatic rings. The molecule has 1 heterocycles. The molecule has 0 unspecified atom stereocenters. The molecule has 0 N–H and O–H groups in total. The van der Waals surface area contributed by atoms with E-state index in [4.69, 9.17) is 11.6 Å². The van der Waals surface area contributed by atoms with Crippen molar-refractivity contribution < 1.29 is 0 Å². The van der Waals surface area contributed by atoms with Gasteiger partial charge in [-0.3, -0.25) is 0 Å². The predicted molar refractivity (Wildman–Crippen MR) is 55.7 cm³/mol. The molecule has 74 valence electrons. The van der Waals surface area contributed by atoms with Crippen LogP contribution < -0.4 is 0 Å². The van der Waals surface area contributed by atoms with Crippen molar-refractivity contribution in [3.8, 4) is 0 Å². The highest BCUT2D eigenvalue weighted by Crippen LogP contribution is 2.39. The predicted octanol–water partition coefficient (Wildman–Crippen LogP) is 2.89. The van der Waals surface area contributed by atoms with E-state index in [1.54, 1.807) is 0 Å². The Balaban J connectivity index is 2.06. The van der Waals surface area contributed by atoms with E-state index in [1.807, 2.05) is 0 Å². The van der Waals surface area contributed by atoms with Crippen LogP contribution >= 0.6 is 11.6 Å². The molecule has 0 atom stereocenters. The zero-order valence-corrected chi connectivity index (χ0v) is 8.85. The number of hydrogen-bond acceptors (Lipinski definition) is 2. The lowest BCUT2D eigenvalue weighted by atomic mass is 9.97. The zero-order chi connectivity index (χ0) is 9.54. The molecule has 0 amide bonds. The van der Waals surface area contributed by atoms with Gasteiger partial charge < -0.3 is 0 Å². The third-order valence-electron chi connectivity index (χ3n) is 3.09. The fourth-order valence-corrected chi connectivity index (χ4v) is 2.38. The SMILES string of the molecule is Clc1nc(C2CC2)nc2c1CCCC2. The first-order valence-corrected chi connectivity index (χ1v) is 5.77. The fourth-order valence-electron chi connectivity index (χ4n) is 2.09. The van der Waals surface area contributed by atoms with Crippen LogP contribution in [0.1, 0.15) is 48.7 Å². The number of fused-ring (bicyclic) bond motifs is 1. The van der Waals surface area contributed by atoms with Crippen LogP contribution in [0.4, 0.5) is 0 Å². The topological polar surface area (TPSA) is 25.8 Å². The third kappa shape index (κ3) is 1.42. The molecular formula is C11H13ClN2. The number of halogens is 1. The molecule has 0 bridgehead atoms. The highest BCUT2D eigenvalue weighted by molar-refractivity contribution is 6.30. The first kappa shape index (κ1) is 8.66. The second kappa shape index (κ2) is 3.20. The van der Waals surface area contributed by atoms with Crippen LogP contribution in [0.2, 0.25) is 5.15 Å². The van der Waals surface area contributed by atoms with Crippen molar-refractivity contribution in [3.05, 3.63) is 22.2 Å². The summed E-state index contributed by atoms with van der Waals surface area (Å²) in [6.45, 7) is 0. The first-order chi connectivity index (χ1) is 6.84. The van der Waals surface area contributed by atoms with Crippen molar-refractivity contribution in [2.24, 2.45) is 0 Å². The molecule has 2 nitrogen and oxygen atoms in total. The Hall–Kier alpha value is -0.630. The summed E-state index contributed by atoms with van der Waals surface area (Å²) < 4.78 is 0. The summed E-state index contributed by atoms with van der Waals surface area (Å²) in [5.41, 5.74) is 2.43. The van der Waals surface area contributed by atoms with Crippen molar-refractivity contribution in [3.63, 3.8) is 0 Å². The average molecular weight is 209 g/mol. The summed E-state index contributed by atoms with van der Waals surface area (Å²) in [5, 5.41) is 0.719. The van der Waals surface area contributed by atoms with Crippen LogP contribution in [0.25, 0.3) is 0 Å². The maximum atomic E-state index is 6.17. The van der Waals surface area contributed by atoms with Crippen LogP contribution in [0, 0.1) is 0 Å². The largest absolute Gasteiger partial charge is 0.237 e. The smallest absolute Gasteiger partial charge is 0.136 e. The first-order valence-electron chi connectivity index (χ1n) is 5.40. The van der Waals surface area contributed by atoms with E-state index in [9.17, 15) is 0 Å². The summed E-state index contributed by atoms with van der Waals surface area (Å²) >= 11 is 6.17. The van der Waals surface area contributed by atoms with E-state index < -0.39 is 0 Å². The summed E-state index contributed by atoms with van der Waals surface area (Å²) in [4.78, 5) is 9.04. The summed E-state index contributed by atoms with van der Waals surface area (Å²) in [5.74, 6) is 1.61. The average Bonchev–Trinajstić information content (AvgIpc) is 3.01. The normalized spacial score (nSPS) is 20.6. The summed E-state index contributed by atoms with van der Waals surface area (Å²) in [6, 6.07) is 0. The van der Waals surface area contributed by atoms with E-state index in [0.29, 0.717) is 5.92 Å². The Bertz CT molecular complexity index is 372. The molecule has 0 aliphatic heterocycles. The van der Waals surface area contributed by atoms with Gasteiger partial charge in [0.2, 0.25) is 0 Å². The van der Waals surface area contributed by atoms with Gasteiger partial charge in [0.15, 0.2) is 0 Å². The Kier molecular flexibility index (Phi) is 1.98. The van der Waals surface area contributed by atoms with Gasteiger partial charge in [0.1, 0.15) is 11.0 Å². The molecule has 1 aromatic heterocycles. The summed E-state index contributed by atoms with van der Waals surface area (Å²) in [6.07, 6.45) is 7.14. The van der Waals surface area contributed by atoms with Crippen LogP contribution in [-0.2, 0) is 12.8 Å². The van der Waals surface area contributed by atoms with Crippen molar-refractivity contribution in [2.45, 2.75) is 44.4 Å². The highest BCUT2D eigenvalue weighted by Gasteiger charge is 2.28. The van der Waals surface area contributed by atoms with Gasteiger partial charge in [-0.15, -0.1) is 0 Å². The molecule has 3 rings (SSSR count). The third-order valence-corrected chi connectivity index (χ3v) is 3.41. The molecular weight excluding hydrogens is 196 g/mol. The van der Waals surface area contributed by atoms with Gasteiger partial charge in [-0.05, 0) is 38.5 Å². The standard InChI is InChI=1S/C11H13ClN2/c12-10-8-3-1-2-4-9(8)13-11(14-10)7-5-6-7/h7H,1-6H2. The van der Waals surface area contributed by atoms with Gasteiger partial charge in [0.05, 0.1) is 0 Å². The monoisotopic (exact) mass is 208 g/mol. The minimum Gasteiger partial charge on any atom is -0.237 e. The van der Waals surface area contributed by atoms with Crippen LogP contribution in [-0.4, -0.2) is 9.97 Å². The molecule has 2 aliphatic carbocycles. The van der Waals surface area contributed by atoms with Crippen molar-refractivity contribution in [1.82, 2.24) is 9.97 Å². The second-order valence-corrected chi connectivity index (χ2v) is 4.64. The van der Waals surface area contributed by atoms with Gasteiger partial charge in [0.25, 0.3) is 0 Å². The molecule has 14 heavy (non-hydrogen) atoms. The van der Waals surface area contributed by atoms with Crippen molar-refractivity contribution in [2.75, 3.05) is 0 Å².